The average molecular weight is 430 g/mol. The van der Waals surface area contributed by atoms with Crippen molar-refractivity contribution in [3.8, 4) is 5.69 Å². The fraction of sp³-hybridized carbons (Fsp3) is 0.0500. The summed E-state index contributed by atoms with van der Waals surface area (Å²) in [5.41, 5.74) is 0.700. The number of H-pyrrole nitrogens is 1. The maximum absolute atomic E-state index is 13.4. The summed E-state index contributed by atoms with van der Waals surface area (Å²) in [4.78, 5) is 28.3. The van der Waals surface area contributed by atoms with Crippen molar-refractivity contribution in [1.82, 2.24) is 14.9 Å². The molecule has 0 spiro atoms. The van der Waals surface area contributed by atoms with E-state index in [1.807, 2.05) is 0 Å². The molecule has 0 unspecified atom stereocenters. The molecule has 2 aromatic carbocycles. The molecule has 0 saturated carbocycles. The van der Waals surface area contributed by atoms with Crippen molar-refractivity contribution < 1.29 is 13.6 Å². The van der Waals surface area contributed by atoms with Crippen LogP contribution in [0.2, 0.25) is 5.02 Å². The molecule has 4 aromatic rings. The molecule has 0 atom stereocenters. The number of rotatable bonds is 4. The molecule has 1 amide bonds. The monoisotopic (exact) mass is 429 g/mol. The van der Waals surface area contributed by atoms with Gasteiger partial charge in [-0.05, 0) is 60.7 Å². The lowest BCUT2D eigenvalue weighted by Crippen LogP contribution is -2.23. The normalized spacial score (nSPS) is 11.0. The van der Waals surface area contributed by atoms with Gasteiger partial charge in [0.2, 0.25) is 0 Å². The lowest BCUT2D eigenvalue weighted by Gasteiger charge is -2.10. The largest absolute Gasteiger partial charge is 0.467 e. The van der Waals surface area contributed by atoms with Gasteiger partial charge in [0.25, 0.3) is 11.5 Å². The molecule has 0 aliphatic heterocycles. The molecule has 0 bridgehead atoms. The van der Waals surface area contributed by atoms with E-state index in [-0.39, 0.29) is 22.2 Å². The van der Waals surface area contributed by atoms with Gasteiger partial charge in [-0.15, -0.1) is 0 Å². The Morgan fingerprint density at radius 3 is 2.79 bits per heavy atom. The van der Waals surface area contributed by atoms with E-state index in [2.05, 4.69) is 10.3 Å². The first kappa shape index (κ1) is 19.1. The molecular formula is C20H13ClFN3O3S. The van der Waals surface area contributed by atoms with Crippen LogP contribution in [0.3, 0.4) is 0 Å². The number of nitrogens with zero attached hydrogens (tertiary/aromatic N) is 1. The molecule has 0 aliphatic rings. The molecule has 29 heavy (non-hydrogen) atoms. The van der Waals surface area contributed by atoms with Crippen molar-refractivity contribution >= 4 is 40.6 Å². The van der Waals surface area contributed by atoms with Crippen molar-refractivity contribution in [2.24, 2.45) is 0 Å². The zero-order valence-corrected chi connectivity index (χ0v) is 16.3. The molecule has 0 radical (unpaired) electrons. The SMILES string of the molecule is O=C(NCc1ccco1)c1ccc2c(=O)n(-c3ccc(F)c(Cl)c3)c(=S)[nH]c2c1. The molecule has 6 nitrogen and oxygen atoms in total. The number of nitrogens with one attached hydrogen (secondary N) is 2. The zero-order chi connectivity index (χ0) is 20.5. The predicted molar refractivity (Wildman–Crippen MR) is 110 cm³/mol. The minimum atomic E-state index is -0.593. The van der Waals surface area contributed by atoms with Crippen LogP contribution in [0, 0.1) is 10.6 Å². The highest BCUT2D eigenvalue weighted by Gasteiger charge is 2.13. The molecular weight excluding hydrogens is 417 g/mol. The Morgan fingerprint density at radius 1 is 1.24 bits per heavy atom. The molecule has 146 valence electrons. The number of hydrogen-bond acceptors (Lipinski definition) is 4. The first-order valence-corrected chi connectivity index (χ1v) is 9.28. The van der Waals surface area contributed by atoms with Crippen LogP contribution in [0.1, 0.15) is 16.1 Å². The summed E-state index contributed by atoms with van der Waals surface area (Å²) in [5.74, 6) is -0.291. The van der Waals surface area contributed by atoms with Gasteiger partial charge in [0.1, 0.15) is 11.6 Å². The molecule has 2 aromatic heterocycles. The topological polar surface area (TPSA) is 80.0 Å². The van der Waals surface area contributed by atoms with Crippen LogP contribution in [-0.4, -0.2) is 15.5 Å². The van der Waals surface area contributed by atoms with Gasteiger partial charge < -0.3 is 14.7 Å². The van der Waals surface area contributed by atoms with Crippen molar-refractivity contribution in [3.05, 3.63) is 92.1 Å². The fourth-order valence-corrected chi connectivity index (χ4v) is 3.37. The van der Waals surface area contributed by atoms with Crippen molar-refractivity contribution in [2.45, 2.75) is 6.54 Å². The molecule has 0 saturated heterocycles. The third-order valence-electron chi connectivity index (χ3n) is 4.32. The van der Waals surface area contributed by atoms with Gasteiger partial charge in [-0.1, -0.05) is 11.6 Å². The van der Waals surface area contributed by atoms with E-state index in [1.54, 1.807) is 24.3 Å². The van der Waals surface area contributed by atoms with Crippen molar-refractivity contribution in [1.29, 1.82) is 0 Å². The second kappa shape index (κ2) is 7.65. The molecule has 9 heteroatoms. The minimum absolute atomic E-state index is 0.0957. The Morgan fingerprint density at radius 2 is 2.07 bits per heavy atom. The van der Waals surface area contributed by atoms with Crippen LogP contribution >= 0.6 is 23.8 Å². The summed E-state index contributed by atoms with van der Waals surface area (Å²) in [6.45, 7) is 0.243. The van der Waals surface area contributed by atoms with E-state index in [9.17, 15) is 14.0 Å². The lowest BCUT2D eigenvalue weighted by atomic mass is 10.1. The third kappa shape index (κ3) is 3.72. The standard InChI is InChI=1S/C20H13ClFN3O3S/c21-15-9-12(4-6-16(15)22)25-19(27)14-5-3-11(8-17(14)24-20(25)29)18(26)23-10-13-2-1-7-28-13/h1-9H,10H2,(H,23,26)(H,24,29). The highest BCUT2D eigenvalue weighted by molar-refractivity contribution is 7.71. The number of aromatic amines is 1. The molecule has 2 N–H and O–H groups in total. The van der Waals surface area contributed by atoms with Crippen LogP contribution in [0.5, 0.6) is 0 Å². The average Bonchev–Trinajstić information content (AvgIpc) is 3.22. The van der Waals surface area contributed by atoms with Gasteiger partial charge in [-0.25, -0.2) is 4.39 Å². The Balaban J connectivity index is 1.71. The van der Waals surface area contributed by atoms with Gasteiger partial charge in [0, 0.05) is 5.56 Å². The number of aromatic nitrogens is 2. The van der Waals surface area contributed by atoms with Crippen LogP contribution in [-0.2, 0) is 6.54 Å². The Kier molecular flexibility index (Phi) is 5.04. The maximum Gasteiger partial charge on any atom is 0.266 e. The third-order valence-corrected chi connectivity index (χ3v) is 4.90. The molecule has 0 fully saturated rings. The first-order chi connectivity index (χ1) is 13.9. The van der Waals surface area contributed by atoms with Crippen LogP contribution in [0.4, 0.5) is 4.39 Å². The molecule has 0 aliphatic carbocycles. The number of halogens is 2. The van der Waals surface area contributed by atoms with Crippen LogP contribution in [0.25, 0.3) is 16.6 Å². The van der Waals surface area contributed by atoms with Crippen LogP contribution < -0.4 is 10.9 Å². The highest BCUT2D eigenvalue weighted by Crippen LogP contribution is 2.19. The zero-order valence-electron chi connectivity index (χ0n) is 14.7. The second-order valence-corrected chi connectivity index (χ2v) is 6.99. The fourth-order valence-electron chi connectivity index (χ4n) is 2.90. The van der Waals surface area contributed by atoms with Crippen molar-refractivity contribution in [3.63, 3.8) is 0 Å². The smallest absolute Gasteiger partial charge is 0.266 e. The summed E-state index contributed by atoms with van der Waals surface area (Å²) in [6, 6.07) is 12.0. The summed E-state index contributed by atoms with van der Waals surface area (Å²) >= 11 is 11.1. The molecule has 4 rings (SSSR count). The van der Waals surface area contributed by atoms with Crippen LogP contribution in [0.15, 0.2) is 64.0 Å². The van der Waals surface area contributed by atoms with Gasteiger partial charge in [-0.3, -0.25) is 14.2 Å². The van der Waals surface area contributed by atoms with E-state index >= 15 is 0 Å². The Bertz CT molecular complexity index is 1350. The molecule has 2 heterocycles. The van der Waals surface area contributed by atoms with Gasteiger partial charge in [-0.2, -0.15) is 0 Å². The lowest BCUT2D eigenvalue weighted by molar-refractivity contribution is 0.0948. The summed E-state index contributed by atoms with van der Waals surface area (Å²) < 4.78 is 19.9. The number of amides is 1. The highest BCUT2D eigenvalue weighted by atomic mass is 35.5. The van der Waals surface area contributed by atoms with E-state index in [4.69, 9.17) is 28.2 Å². The van der Waals surface area contributed by atoms with E-state index in [0.29, 0.717) is 27.9 Å². The maximum atomic E-state index is 13.4. The minimum Gasteiger partial charge on any atom is -0.467 e. The number of hydrogen-bond donors (Lipinski definition) is 2. The van der Waals surface area contributed by atoms with E-state index in [1.165, 1.54) is 29.0 Å². The van der Waals surface area contributed by atoms with Crippen molar-refractivity contribution in [2.75, 3.05) is 0 Å². The van der Waals surface area contributed by atoms with E-state index < -0.39 is 11.4 Å². The van der Waals surface area contributed by atoms with E-state index in [0.717, 1.165) is 6.07 Å². The second-order valence-electron chi connectivity index (χ2n) is 6.19. The van der Waals surface area contributed by atoms with Gasteiger partial charge >= 0.3 is 0 Å². The van der Waals surface area contributed by atoms with Gasteiger partial charge in [0.05, 0.1) is 34.4 Å². The predicted octanol–water partition coefficient (Wildman–Crippen LogP) is 4.36. The summed E-state index contributed by atoms with van der Waals surface area (Å²) in [6.07, 6.45) is 1.52. The Hall–Kier alpha value is -3.23. The number of fused-ring (bicyclic) bond motifs is 1. The quantitative estimate of drug-likeness (QED) is 0.472. The number of furan rings is 1. The first-order valence-electron chi connectivity index (χ1n) is 8.49. The number of benzene rings is 2. The number of carbonyl (C=O) groups excluding carboxylic acids is 1. The summed E-state index contributed by atoms with van der Waals surface area (Å²) in [5, 5.41) is 2.94. The van der Waals surface area contributed by atoms with Gasteiger partial charge in [0.15, 0.2) is 4.77 Å². The summed E-state index contributed by atoms with van der Waals surface area (Å²) in [7, 11) is 0. The Labute approximate surface area is 173 Å². The number of carbonyl (C=O) groups is 1.